The predicted octanol–water partition coefficient (Wildman–Crippen LogP) is 3.38. The highest BCUT2D eigenvalue weighted by Gasteiger charge is 2.19. The molecule has 0 aliphatic carbocycles. The molecule has 3 N–H and O–H groups in total. The van der Waals surface area contributed by atoms with Gasteiger partial charge in [-0.3, -0.25) is 4.79 Å². The Kier molecular flexibility index (Phi) is 5.84. The van der Waals surface area contributed by atoms with Crippen LogP contribution in [0.1, 0.15) is 21.5 Å². The first-order valence-electron chi connectivity index (χ1n) is 11.0. The van der Waals surface area contributed by atoms with Crippen LogP contribution in [0.25, 0.3) is 16.8 Å². The van der Waals surface area contributed by atoms with Gasteiger partial charge < -0.3 is 20.4 Å². The van der Waals surface area contributed by atoms with E-state index < -0.39 is 0 Å². The zero-order valence-electron chi connectivity index (χ0n) is 19.3. The Balaban J connectivity index is 1.38. The molecule has 4 aromatic heterocycles. The van der Waals surface area contributed by atoms with Crippen molar-refractivity contribution in [3.05, 3.63) is 84.2 Å². The summed E-state index contributed by atoms with van der Waals surface area (Å²) in [6.45, 7) is 2.68. The van der Waals surface area contributed by atoms with E-state index >= 15 is 0 Å². The van der Waals surface area contributed by atoms with Gasteiger partial charge in [-0.25, -0.2) is 19.5 Å². The Morgan fingerprint density at radius 2 is 1.97 bits per heavy atom. The van der Waals surface area contributed by atoms with Crippen LogP contribution in [0.3, 0.4) is 0 Å². The number of ether oxygens (including phenoxy) is 1. The topological polar surface area (TPSA) is 125 Å². The summed E-state index contributed by atoms with van der Waals surface area (Å²) < 4.78 is 8.98. The maximum absolute atomic E-state index is 13.2. The van der Waals surface area contributed by atoms with Crippen LogP contribution in [0, 0.1) is 6.92 Å². The van der Waals surface area contributed by atoms with E-state index in [1.807, 2.05) is 35.8 Å². The van der Waals surface area contributed by atoms with Gasteiger partial charge in [0, 0.05) is 24.5 Å². The van der Waals surface area contributed by atoms with Crippen molar-refractivity contribution in [2.75, 3.05) is 18.2 Å². The molecule has 4 heterocycles. The number of nitrogens with two attached hydrogens (primary N) is 1. The number of imidazole rings is 1. The van der Waals surface area contributed by atoms with E-state index in [1.165, 1.54) is 19.0 Å². The zero-order valence-corrected chi connectivity index (χ0v) is 19.3. The highest BCUT2D eigenvalue weighted by atomic mass is 16.5. The number of rotatable bonds is 7. The molecular weight excluding hydrogens is 444 g/mol. The number of pyridine rings is 1. The fourth-order valence-electron chi connectivity index (χ4n) is 4.01. The number of methoxy groups -OCH3 is 1. The number of nitrogens with zero attached hydrogens (tertiary/aromatic N) is 6. The molecule has 176 valence electrons. The fourth-order valence-corrected chi connectivity index (χ4v) is 4.01. The molecule has 5 aromatic rings. The minimum Gasteiger partial charge on any atom is -0.480 e. The first-order valence-corrected chi connectivity index (χ1v) is 11.0. The molecular formula is C25H24N8O2. The second-order valence-electron chi connectivity index (χ2n) is 8.09. The summed E-state index contributed by atoms with van der Waals surface area (Å²) in [5, 5.41) is 7.16. The molecule has 0 radical (unpaired) electrons. The van der Waals surface area contributed by atoms with Gasteiger partial charge >= 0.3 is 0 Å². The minimum absolute atomic E-state index is 0.210. The average Bonchev–Trinajstić information content (AvgIpc) is 3.47. The molecule has 0 aliphatic rings. The molecule has 0 saturated heterocycles. The van der Waals surface area contributed by atoms with Crippen molar-refractivity contribution < 1.29 is 9.53 Å². The maximum atomic E-state index is 13.2. The van der Waals surface area contributed by atoms with Crippen molar-refractivity contribution in [1.82, 2.24) is 29.1 Å². The summed E-state index contributed by atoms with van der Waals surface area (Å²) in [6.07, 6.45) is 7.39. The highest BCUT2D eigenvalue weighted by Crippen LogP contribution is 2.29. The van der Waals surface area contributed by atoms with Crippen LogP contribution < -0.4 is 15.8 Å². The molecule has 5 rings (SSSR count). The Hall–Kier alpha value is -4.73. The van der Waals surface area contributed by atoms with Gasteiger partial charge in [0.25, 0.3) is 5.91 Å². The number of anilines is 2. The van der Waals surface area contributed by atoms with Crippen molar-refractivity contribution >= 4 is 23.1 Å². The minimum atomic E-state index is -0.378. The van der Waals surface area contributed by atoms with E-state index in [1.54, 1.807) is 29.3 Å². The number of hydrogen-bond donors (Lipinski definition) is 2. The van der Waals surface area contributed by atoms with Crippen LogP contribution in [0.4, 0.5) is 11.6 Å². The smallest absolute Gasteiger partial charge is 0.262 e. The SMILES string of the molecule is COc1ncc(-c2cc(C)c3c(N)ncnn23)cc1C(=O)Nc1cn(CCc2ccccc2)cn1. The number of aryl methyl sites for hydroxylation is 3. The van der Waals surface area contributed by atoms with E-state index in [9.17, 15) is 4.79 Å². The number of hydrogen-bond acceptors (Lipinski definition) is 7. The second kappa shape index (κ2) is 9.26. The number of amides is 1. The quantitative estimate of drug-likeness (QED) is 0.375. The normalized spacial score (nSPS) is 11.0. The number of benzene rings is 1. The highest BCUT2D eigenvalue weighted by molar-refractivity contribution is 6.06. The molecule has 35 heavy (non-hydrogen) atoms. The number of aromatic nitrogens is 6. The van der Waals surface area contributed by atoms with E-state index in [2.05, 4.69) is 37.5 Å². The molecule has 1 aromatic carbocycles. The summed E-state index contributed by atoms with van der Waals surface area (Å²) >= 11 is 0. The van der Waals surface area contributed by atoms with Gasteiger partial charge in [-0.1, -0.05) is 30.3 Å². The average molecular weight is 469 g/mol. The Labute approximate surface area is 201 Å². The van der Waals surface area contributed by atoms with Crippen LogP contribution in [-0.2, 0) is 13.0 Å². The molecule has 10 nitrogen and oxygen atoms in total. The summed E-state index contributed by atoms with van der Waals surface area (Å²) in [6, 6.07) is 13.8. The van der Waals surface area contributed by atoms with E-state index in [-0.39, 0.29) is 17.4 Å². The van der Waals surface area contributed by atoms with Gasteiger partial charge in [0.1, 0.15) is 17.4 Å². The molecule has 0 fully saturated rings. The summed E-state index contributed by atoms with van der Waals surface area (Å²) in [4.78, 5) is 25.9. The first kappa shape index (κ1) is 22.1. The van der Waals surface area contributed by atoms with E-state index in [0.29, 0.717) is 22.7 Å². The van der Waals surface area contributed by atoms with E-state index in [4.69, 9.17) is 10.5 Å². The third-order valence-corrected chi connectivity index (χ3v) is 5.73. The second-order valence-corrected chi connectivity index (χ2v) is 8.09. The Morgan fingerprint density at radius 1 is 1.14 bits per heavy atom. The Bertz CT molecular complexity index is 1510. The third kappa shape index (κ3) is 4.41. The van der Waals surface area contributed by atoms with Crippen molar-refractivity contribution in [3.8, 4) is 17.1 Å². The zero-order chi connectivity index (χ0) is 24.4. The molecule has 10 heteroatoms. The van der Waals surface area contributed by atoms with Crippen molar-refractivity contribution in [2.45, 2.75) is 19.9 Å². The molecule has 0 spiro atoms. The first-order chi connectivity index (χ1) is 17.0. The van der Waals surface area contributed by atoms with Crippen LogP contribution >= 0.6 is 0 Å². The maximum Gasteiger partial charge on any atom is 0.262 e. The largest absolute Gasteiger partial charge is 0.480 e. The number of carbonyl (C=O) groups excluding carboxylic acids is 1. The standard InChI is InChI=1S/C25H24N8O2/c1-16-10-20(33-22(16)23(26)28-14-30-33)18-11-19(25(35-2)27-12-18)24(34)31-21-13-32(15-29-21)9-8-17-6-4-3-5-7-17/h3-7,10-15H,8-9H2,1-2H3,(H,31,34)(H2,26,28,30). The van der Waals surface area contributed by atoms with Gasteiger partial charge in [0.2, 0.25) is 5.88 Å². The van der Waals surface area contributed by atoms with Crippen LogP contribution in [0.5, 0.6) is 5.88 Å². The van der Waals surface area contributed by atoms with Gasteiger partial charge in [-0.15, -0.1) is 0 Å². The van der Waals surface area contributed by atoms with Gasteiger partial charge in [-0.05, 0) is 36.6 Å². The van der Waals surface area contributed by atoms with E-state index in [0.717, 1.165) is 24.2 Å². The summed E-state index contributed by atoms with van der Waals surface area (Å²) in [5.74, 6) is 0.656. The lowest BCUT2D eigenvalue weighted by molar-refractivity contribution is 0.102. The van der Waals surface area contributed by atoms with Crippen molar-refractivity contribution in [3.63, 3.8) is 0 Å². The predicted molar refractivity (Wildman–Crippen MR) is 132 cm³/mol. The molecule has 1 amide bonds. The molecule has 0 saturated carbocycles. The lowest BCUT2D eigenvalue weighted by Crippen LogP contribution is -2.14. The van der Waals surface area contributed by atoms with Crippen LogP contribution in [0.15, 0.2) is 67.5 Å². The molecule has 0 bridgehead atoms. The van der Waals surface area contributed by atoms with Gasteiger partial charge in [-0.2, -0.15) is 5.10 Å². The number of nitrogens with one attached hydrogen (secondary N) is 1. The molecule has 0 unspecified atom stereocenters. The van der Waals surface area contributed by atoms with Crippen molar-refractivity contribution in [2.24, 2.45) is 0 Å². The Morgan fingerprint density at radius 3 is 2.77 bits per heavy atom. The third-order valence-electron chi connectivity index (χ3n) is 5.73. The number of carbonyl (C=O) groups is 1. The van der Waals surface area contributed by atoms with Crippen LogP contribution in [0.2, 0.25) is 0 Å². The van der Waals surface area contributed by atoms with Crippen molar-refractivity contribution in [1.29, 1.82) is 0 Å². The van der Waals surface area contributed by atoms with Crippen LogP contribution in [-0.4, -0.2) is 42.2 Å². The molecule has 0 aliphatic heterocycles. The van der Waals surface area contributed by atoms with Gasteiger partial charge in [0.05, 0.1) is 19.1 Å². The summed E-state index contributed by atoms with van der Waals surface area (Å²) in [5.41, 5.74) is 10.6. The monoisotopic (exact) mass is 468 g/mol. The lowest BCUT2D eigenvalue weighted by Gasteiger charge is -2.10. The number of fused-ring (bicyclic) bond motifs is 1. The lowest BCUT2D eigenvalue weighted by atomic mass is 10.1. The summed E-state index contributed by atoms with van der Waals surface area (Å²) in [7, 11) is 1.47. The number of nitrogen functional groups attached to an aromatic ring is 1. The molecule has 0 atom stereocenters. The fraction of sp³-hybridized carbons (Fsp3) is 0.160. The van der Waals surface area contributed by atoms with Gasteiger partial charge in [0.15, 0.2) is 11.6 Å².